The van der Waals surface area contributed by atoms with Crippen LogP contribution >= 0.6 is 0 Å². The van der Waals surface area contributed by atoms with E-state index in [0.717, 1.165) is 0 Å². The van der Waals surface area contributed by atoms with Gasteiger partial charge in [-0.3, -0.25) is 0 Å². The van der Waals surface area contributed by atoms with E-state index in [1.165, 1.54) is 0 Å². The predicted molar refractivity (Wildman–Crippen MR) is 43.7 cm³/mol. The van der Waals surface area contributed by atoms with Crippen LogP contribution in [0.2, 0.25) is 0 Å². The maximum Gasteiger partial charge on any atom is 0.233 e. The van der Waals surface area contributed by atoms with Crippen molar-refractivity contribution < 1.29 is 9.84 Å². The van der Waals surface area contributed by atoms with Gasteiger partial charge in [0.25, 0.3) is 0 Å². The topological polar surface area (TPSA) is 55.2 Å². The van der Waals surface area contributed by atoms with Gasteiger partial charge in [0.2, 0.25) is 5.88 Å². The standard InChI is InChI=1S/C8H12N2O2/c1-6(2)12-8-4-3-7(5-11)9-10-8/h3-4,6,11H,5H2,1-2H3. The summed E-state index contributed by atoms with van der Waals surface area (Å²) < 4.78 is 5.26. The first-order valence-electron chi connectivity index (χ1n) is 3.82. The van der Waals surface area contributed by atoms with Crippen LogP contribution in [0, 0.1) is 0 Å². The molecular formula is C8H12N2O2. The number of rotatable bonds is 3. The van der Waals surface area contributed by atoms with Crippen LogP contribution in [-0.2, 0) is 6.61 Å². The zero-order valence-corrected chi connectivity index (χ0v) is 7.19. The summed E-state index contributed by atoms with van der Waals surface area (Å²) in [6.45, 7) is 3.75. The summed E-state index contributed by atoms with van der Waals surface area (Å²) in [5.41, 5.74) is 0.547. The molecule has 0 fully saturated rings. The Bertz CT molecular complexity index is 233. The Morgan fingerprint density at radius 2 is 2.17 bits per heavy atom. The molecule has 0 spiro atoms. The predicted octanol–water partition coefficient (Wildman–Crippen LogP) is 0.756. The second kappa shape index (κ2) is 4.01. The molecule has 0 aliphatic heterocycles. The molecule has 0 aliphatic rings. The average Bonchev–Trinajstić information content (AvgIpc) is 2.05. The minimum Gasteiger partial charge on any atom is -0.474 e. The molecule has 0 bridgehead atoms. The van der Waals surface area contributed by atoms with Crippen LogP contribution in [0.25, 0.3) is 0 Å². The van der Waals surface area contributed by atoms with Gasteiger partial charge >= 0.3 is 0 Å². The highest BCUT2D eigenvalue weighted by molar-refractivity contribution is 5.10. The molecular weight excluding hydrogens is 156 g/mol. The number of nitrogens with zero attached hydrogens (tertiary/aromatic N) is 2. The van der Waals surface area contributed by atoms with Gasteiger partial charge in [-0.1, -0.05) is 0 Å². The van der Waals surface area contributed by atoms with Crippen molar-refractivity contribution in [2.45, 2.75) is 26.6 Å². The third-order valence-corrected chi connectivity index (χ3v) is 1.21. The fourth-order valence-electron chi connectivity index (χ4n) is 0.736. The molecule has 12 heavy (non-hydrogen) atoms. The summed E-state index contributed by atoms with van der Waals surface area (Å²) in [4.78, 5) is 0. The summed E-state index contributed by atoms with van der Waals surface area (Å²) in [5.74, 6) is 0.488. The molecule has 1 heterocycles. The number of hydrogen-bond acceptors (Lipinski definition) is 4. The van der Waals surface area contributed by atoms with E-state index in [1.54, 1.807) is 12.1 Å². The zero-order valence-electron chi connectivity index (χ0n) is 7.19. The average molecular weight is 168 g/mol. The number of aliphatic hydroxyl groups is 1. The van der Waals surface area contributed by atoms with Crippen LogP contribution in [0.4, 0.5) is 0 Å². The van der Waals surface area contributed by atoms with Gasteiger partial charge in [-0.25, -0.2) is 0 Å². The van der Waals surface area contributed by atoms with E-state index in [9.17, 15) is 0 Å². The van der Waals surface area contributed by atoms with E-state index in [-0.39, 0.29) is 12.7 Å². The number of aromatic nitrogens is 2. The van der Waals surface area contributed by atoms with Crippen molar-refractivity contribution in [3.8, 4) is 5.88 Å². The molecule has 0 atom stereocenters. The van der Waals surface area contributed by atoms with Crippen LogP contribution in [0.1, 0.15) is 19.5 Å². The van der Waals surface area contributed by atoms with Gasteiger partial charge in [-0.05, 0) is 19.9 Å². The van der Waals surface area contributed by atoms with Gasteiger partial charge in [0, 0.05) is 6.07 Å². The minimum atomic E-state index is -0.0883. The summed E-state index contributed by atoms with van der Waals surface area (Å²) >= 11 is 0. The van der Waals surface area contributed by atoms with E-state index in [1.807, 2.05) is 13.8 Å². The third kappa shape index (κ3) is 2.47. The zero-order chi connectivity index (χ0) is 8.97. The van der Waals surface area contributed by atoms with E-state index in [2.05, 4.69) is 10.2 Å². The lowest BCUT2D eigenvalue weighted by Crippen LogP contribution is -2.07. The van der Waals surface area contributed by atoms with E-state index in [4.69, 9.17) is 9.84 Å². The Kier molecular flexibility index (Phi) is 2.99. The molecule has 0 unspecified atom stereocenters. The molecule has 1 rings (SSSR count). The Morgan fingerprint density at radius 1 is 1.42 bits per heavy atom. The molecule has 0 saturated heterocycles. The lowest BCUT2D eigenvalue weighted by Gasteiger charge is -2.06. The summed E-state index contributed by atoms with van der Waals surface area (Å²) in [7, 11) is 0. The normalized spacial score (nSPS) is 10.3. The van der Waals surface area contributed by atoms with Gasteiger partial charge in [0.15, 0.2) is 0 Å². The summed E-state index contributed by atoms with van der Waals surface area (Å²) in [5, 5.41) is 16.1. The lowest BCUT2D eigenvalue weighted by atomic mass is 10.4. The molecule has 0 aromatic carbocycles. The van der Waals surface area contributed by atoms with Gasteiger partial charge in [0.1, 0.15) is 0 Å². The molecule has 4 nitrogen and oxygen atoms in total. The molecule has 0 radical (unpaired) electrons. The molecule has 4 heteroatoms. The number of ether oxygens (including phenoxy) is 1. The van der Waals surface area contributed by atoms with Crippen molar-refractivity contribution in [2.24, 2.45) is 0 Å². The highest BCUT2D eigenvalue weighted by Crippen LogP contribution is 2.06. The van der Waals surface area contributed by atoms with Gasteiger partial charge in [-0.15, -0.1) is 10.2 Å². The van der Waals surface area contributed by atoms with Crippen LogP contribution < -0.4 is 4.74 Å². The second-order valence-electron chi connectivity index (χ2n) is 2.69. The maximum absolute atomic E-state index is 8.67. The smallest absolute Gasteiger partial charge is 0.233 e. The Hall–Kier alpha value is -1.16. The first-order valence-corrected chi connectivity index (χ1v) is 3.82. The van der Waals surface area contributed by atoms with Crippen molar-refractivity contribution in [3.63, 3.8) is 0 Å². The monoisotopic (exact) mass is 168 g/mol. The lowest BCUT2D eigenvalue weighted by molar-refractivity contribution is 0.227. The van der Waals surface area contributed by atoms with Crippen LogP contribution in [0.5, 0.6) is 5.88 Å². The minimum absolute atomic E-state index is 0.0883. The van der Waals surface area contributed by atoms with E-state index < -0.39 is 0 Å². The van der Waals surface area contributed by atoms with E-state index in [0.29, 0.717) is 11.6 Å². The van der Waals surface area contributed by atoms with Crippen LogP contribution in [-0.4, -0.2) is 21.4 Å². The summed E-state index contributed by atoms with van der Waals surface area (Å²) in [6.07, 6.45) is 0.0966. The first kappa shape index (κ1) is 8.93. The fourth-order valence-corrected chi connectivity index (χ4v) is 0.736. The SMILES string of the molecule is CC(C)Oc1ccc(CO)nn1. The molecule has 0 amide bonds. The van der Waals surface area contributed by atoms with Gasteiger partial charge in [-0.2, -0.15) is 0 Å². The molecule has 1 aromatic rings. The third-order valence-electron chi connectivity index (χ3n) is 1.21. The Balaban J connectivity index is 2.65. The highest BCUT2D eigenvalue weighted by Gasteiger charge is 1.99. The molecule has 0 saturated carbocycles. The van der Waals surface area contributed by atoms with Crippen molar-refractivity contribution >= 4 is 0 Å². The van der Waals surface area contributed by atoms with E-state index >= 15 is 0 Å². The molecule has 1 aromatic heterocycles. The van der Waals surface area contributed by atoms with Crippen molar-refractivity contribution in [1.29, 1.82) is 0 Å². The maximum atomic E-state index is 8.67. The Morgan fingerprint density at radius 3 is 2.58 bits per heavy atom. The summed E-state index contributed by atoms with van der Waals surface area (Å²) in [6, 6.07) is 3.38. The first-order chi connectivity index (χ1) is 5.72. The van der Waals surface area contributed by atoms with Crippen LogP contribution in [0.3, 0.4) is 0 Å². The quantitative estimate of drug-likeness (QED) is 0.723. The number of hydrogen-bond donors (Lipinski definition) is 1. The fraction of sp³-hybridized carbons (Fsp3) is 0.500. The molecule has 66 valence electrons. The molecule has 1 N–H and O–H groups in total. The van der Waals surface area contributed by atoms with Gasteiger partial charge < -0.3 is 9.84 Å². The largest absolute Gasteiger partial charge is 0.474 e. The van der Waals surface area contributed by atoms with Crippen molar-refractivity contribution in [1.82, 2.24) is 10.2 Å². The highest BCUT2D eigenvalue weighted by atomic mass is 16.5. The molecule has 0 aliphatic carbocycles. The van der Waals surface area contributed by atoms with Crippen LogP contribution in [0.15, 0.2) is 12.1 Å². The van der Waals surface area contributed by atoms with Gasteiger partial charge in [0.05, 0.1) is 18.4 Å². The van der Waals surface area contributed by atoms with Crippen molar-refractivity contribution in [3.05, 3.63) is 17.8 Å². The van der Waals surface area contributed by atoms with Crippen molar-refractivity contribution in [2.75, 3.05) is 0 Å². The number of aliphatic hydroxyl groups excluding tert-OH is 1. The second-order valence-corrected chi connectivity index (χ2v) is 2.69. The Labute approximate surface area is 71.2 Å².